The van der Waals surface area contributed by atoms with Gasteiger partial charge in [-0.2, -0.15) is 0 Å². The van der Waals surface area contributed by atoms with Crippen LogP contribution in [0.4, 0.5) is 16.2 Å². The summed E-state index contributed by atoms with van der Waals surface area (Å²) in [5.41, 5.74) is 0.466. The van der Waals surface area contributed by atoms with Crippen LogP contribution < -0.4 is 16.0 Å². The number of rotatable bonds is 6. The van der Waals surface area contributed by atoms with Crippen molar-refractivity contribution in [3.05, 3.63) is 60.2 Å². The van der Waals surface area contributed by atoms with Crippen LogP contribution in [-0.4, -0.2) is 35.2 Å². The molecule has 1 aliphatic rings. The van der Waals surface area contributed by atoms with E-state index in [1.165, 1.54) is 6.92 Å². The van der Waals surface area contributed by atoms with Gasteiger partial charge in [-0.3, -0.25) is 19.3 Å². The van der Waals surface area contributed by atoms with Gasteiger partial charge in [0.1, 0.15) is 12.1 Å². The zero-order chi connectivity index (χ0) is 21.0. The summed E-state index contributed by atoms with van der Waals surface area (Å²) in [6, 6.07) is 15.0. The Hall–Kier alpha value is -3.68. The van der Waals surface area contributed by atoms with Gasteiger partial charge in [-0.15, -0.1) is 0 Å². The summed E-state index contributed by atoms with van der Waals surface area (Å²) in [6.07, 6.45) is 0.360. The lowest BCUT2D eigenvalue weighted by atomic mass is 9.87. The molecule has 2 aromatic rings. The predicted octanol–water partition coefficient (Wildman–Crippen LogP) is 2.44. The molecule has 8 heteroatoms. The average molecular weight is 394 g/mol. The monoisotopic (exact) mass is 394 g/mol. The quantitative estimate of drug-likeness (QED) is 0.654. The Morgan fingerprint density at radius 3 is 2.28 bits per heavy atom. The second-order valence-corrected chi connectivity index (χ2v) is 6.76. The van der Waals surface area contributed by atoms with Crippen LogP contribution in [0.15, 0.2) is 54.6 Å². The van der Waals surface area contributed by atoms with E-state index in [2.05, 4.69) is 16.0 Å². The van der Waals surface area contributed by atoms with Gasteiger partial charge in [-0.25, -0.2) is 4.79 Å². The van der Waals surface area contributed by atoms with Crippen molar-refractivity contribution in [3.63, 3.8) is 0 Å². The maximum absolute atomic E-state index is 13.0. The van der Waals surface area contributed by atoms with E-state index in [0.29, 0.717) is 23.4 Å². The van der Waals surface area contributed by atoms with Crippen LogP contribution in [-0.2, 0) is 19.9 Å². The lowest BCUT2D eigenvalue weighted by molar-refractivity contribution is -0.134. The van der Waals surface area contributed by atoms with Gasteiger partial charge < -0.3 is 16.0 Å². The molecule has 150 valence electrons. The lowest BCUT2D eigenvalue weighted by Gasteiger charge is -2.25. The number of carbonyl (C=O) groups is 4. The fourth-order valence-electron chi connectivity index (χ4n) is 3.35. The third-order valence-corrected chi connectivity index (χ3v) is 4.74. The Morgan fingerprint density at radius 2 is 1.66 bits per heavy atom. The summed E-state index contributed by atoms with van der Waals surface area (Å²) in [5.74, 6) is -1.21. The van der Waals surface area contributed by atoms with Crippen molar-refractivity contribution in [2.45, 2.75) is 25.8 Å². The number of urea groups is 1. The topological polar surface area (TPSA) is 108 Å². The second kappa shape index (κ2) is 8.14. The molecule has 0 saturated carbocycles. The summed E-state index contributed by atoms with van der Waals surface area (Å²) in [5, 5.41) is 8.01. The molecule has 1 aliphatic heterocycles. The second-order valence-electron chi connectivity index (χ2n) is 6.76. The molecule has 0 radical (unpaired) electrons. The zero-order valence-electron chi connectivity index (χ0n) is 16.2. The summed E-state index contributed by atoms with van der Waals surface area (Å²) in [6.45, 7) is 2.78. The van der Waals surface area contributed by atoms with Crippen molar-refractivity contribution in [1.29, 1.82) is 0 Å². The van der Waals surface area contributed by atoms with Crippen LogP contribution in [0.1, 0.15) is 25.8 Å². The molecule has 5 amide bonds. The van der Waals surface area contributed by atoms with Crippen LogP contribution >= 0.6 is 0 Å². The van der Waals surface area contributed by atoms with E-state index in [9.17, 15) is 19.2 Å². The fourth-order valence-corrected chi connectivity index (χ4v) is 3.35. The van der Waals surface area contributed by atoms with Gasteiger partial charge in [0.05, 0.1) is 0 Å². The zero-order valence-corrected chi connectivity index (χ0v) is 16.2. The maximum Gasteiger partial charge on any atom is 0.325 e. The van der Waals surface area contributed by atoms with Gasteiger partial charge in [-0.1, -0.05) is 43.3 Å². The molecule has 0 aromatic heterocycles. The fraction of sp³-hybridized carbons (Fsp3) is 0.238. The Kier molecular flexibility index (Phi) is 5.63. The van der Waals surface area contributed by atoms with Crippen molar-refractivity contribution < 1.29 is 19.2 Å². The number of amides is 5. The molecule has 3 N–H and O–H groups in total. The Balaban J connectivity index is 1.73. The molecule has 1 unspecified atom stereocenters. The first kappa shape index (κ1) is 20.1. The van der Waals surface area contributed by atoms with E-state index in [1.54, 1.807) is 48.5 Å². The third-order valence-electron chi connectivity index (χ3n) is 4.74. The third kappa shape index (κ3) is 4.11. The van der Waals surface area contributed by atoms with E-state index in [1.807, 2.05) is 13.0 Å². The van der Waals surface area contributed by atoms with E-state index < -0.39 is 29.9 Å². The molecule has 0 aliphatic carbocycles. The molecule has 0 spiro atoms. The number of anilines is 2. The number of hydrogen-bond acceptors (Lipinski definition) is 4. The first-order chi connectivity index (χ1) is 13.9. The molecule has 3 rings (SSSR count). The van der Waals surface area contributed by atoms with Crippen molar-refractivity contribution in [2.75, 3.05) is 17.2 Å². The largest absolute Gasteiger partial charge is 0.326 e. The minimum atomic E-state index is -1.18. The van der Waals surface area contributed by atoms with Crippen LogP contribution in [0.5, 0.6) is 0 Å². The van der Waals surface area contributed by atoms with E-state index in [-0.39, 0.29) is 5.91 Å². The number of benzene rings is 2. The number of carbonyl (C=O) groups excluding carboxylic acids is 4. The summed E-state index contributed by atoms with van der Waals surface area (Å²) in [7, 11) is 0. The standard InChI is InChI=1S/C21H22N4O4/c1-3-21(15-8-5-4-6-9-15)19(28)25(20(29)24-21)13-18(27)23-17-11-7-10-16(12-17)22-14(2)26/h4-12H,3,13H2,1-2H3,(H,22,26)(H,23,27)(H,24,29). The molecule has 0 bridgehead atoms. The average Bonchev–Trinajstić information content (AvgIpc) is 2.93. The highest BCUT2D eigenvalue weighted by atomic mass is 16.2. The van der Waals surface area contributed by atoms with Gasteiger partial charge >= 0.3 is 6.03 Å². The minimum absolute atomic E-state index is 0.232. The van der Waals surface area contributed by atoms with Gasteiger partial charge in [0, 0.05) is 18.3 Å². The number of imide groups is 1. The molecule has 1 fully saturated rings. The molecule has 1 atom stereocenters. The molecule has 29 heavy (non-hydrogen) atoms. The normalized spacial score (nSPS) is 18.3. The van der Waals surface area contributed by atoms with Crippen LogP contribution in [0, 0.1) is 0 Å². The Bertz CT molecular complexity index is 960. The highest BCUT2D eigenvalue weighted by molar-refractivity contribution is 6.10. The molecule has 8 nitrogen and oxygen atoms in total. The Morgan fingerprint density at radius 1 is 1.00 bits per heavy atom. The predicted molar refractivity (Wildman–Crippen MR) is 108 cm³/mol. The van der Waals surface area contributed by atoms with Crippen molar-refractivity contribution in [2.24, 2.45) is 0 Å². The molecular weight excluding hydrogens is 372 g/mol. The lowest BCUT2D eigenvalue weighted by Crippen LogP contribution is -2.44. The maximum atomic E-state index is 13.0. The van der Waals surface area contributed by atoms with Gasteiger partial charge in [-0.05, 0) is 30.2 Å². The molecule has 1 saturated heterocycles. The van der Waals surface area contributed by atoms with Gasteiger partial charge in [0.25, 0.3) is 5.91 Å². The smallest absolute Gasteiger partial charge is 0.325 e. The molecule has 2 aromatic carbocycles. The number of nitrogens with one attached hydrogen (secondary N) is 3. The highest BCUT2D eigenvalue weighted by Crippen LogP contribution is 2.32. The van der Waals surface area contributed by atoms with E-state index in [4.69, 9.17) is 0 Å². The van der Waals surface area contributed by atoms with Crippen molar-refractivity contribution in [3.8, 4) is 0 Å². The summed E-state index contributed by atoms with van der Waals surface area (Å²) < 4.78 is 0. The van der Waals surface area contributed by atoms with Gasteiger partial charge in [0.15, 0.2) is 0 Å². The first-order valence-electron chi connectivity index (χ1n) is 9.23. The SMILES string of the molecule is CCC1(c2ccccc2)NC(=O)N(CC(=O)Nc2cccc(NC(C)=O)c2)C1=O. The summed E-state index contributed by atoms with van der Waals surface area (Å²) >= 11 is 0. The molecular formula is C21H22N4O4. The number of nitrogens with zero attached hydrogens (tertiary/aromatic N) is 1. The van der Waals surface area contributed by atoms with E-state index in [0.717, 1.165) is 4.90 Å². The van der Waals surface area contributed by atoms with Crippen molar-refractivity contribution >= 4 is 35.1 Å². The van der Waals surface area contributed by atoms with Crippen LogP contribution in [0.3, 0.4) is 0 Å². The first-order valence-corrected chi connectivity index (χ1v) is 9.23. The van der Waals surface area contributed by atoms with Crippen LogP contribution in [0.2, 0.25) is 0 Å². The highest BCUT2D eigenvalue weighted by Gasteiger charge is 2.51. The Labute approximate surface area is 168 Å². The molecule has 1 heterocycles. The summed E-state index contributed by atoms with van der Waals surface area (Å²) in [4.78, 5) is 50.1. The minimum Gasteiger partial charge on any atom is -0.326 e. The number of hydrogen-bond donors (Lipinski definition) is 3. The van der Waals surface area contributed by atoms with Crippen molar-refractivity contribution in [1.82, 2.24) is 10.2 Å². The van der Waals surface area contributed by atoms with Gasteiger partial charge in [0.2, 0.25) is 11.8 Å². The van der Waals surface area contributed by atoms with E-state index >= 15 is 0 Å². The van der Waals surface area contributed by atoms with Crippen LogP contribution in [0.25, 0.3) is 0 Å².